The van der Waals surface area contributed by atoms with Gasteiger partial charge < -0.3 is 9.88 Å². The summed E-state index contributed by atoms with van der Waals surface area (Å²) in [5.74, 6) is 0.194. The van der Waals surface area contributed by atoms with E-state index in [1.807, 2.05) is 49.8 Å². The van der Waals surface area contributed by atoms with Crippen molar-refractivity contribution in [1.29, 1.82) is 5.26 Å². The third kappa shape index (κ3) is 6.70. The van der Waals surface area contributed by atoms with Crippen LogP contribution in [0.15, 0.2) is 104 Å². The van der Waals surface area contributed by atoms with Crippen LogP contribution in [-0.2, 0) is 6.54 Å². The minimum Gasteiger partial charge on any atom is -0.381 e. The van der Waals surface area contributed by atoms with Crippen LogP contribution in [0.4, 0.5) is 0 Å². The number of hydrogen-bond acceptors (Lipinski definition) is 4. The summed E-state index contributed by atoms with van der Waals surface area (Å²) >= 11 is 0. The minimum atomic E-state index is 0.0465. The number of allylic oxidation sites excluding steroid dienone is 6. The average molecular weight is 478 g/mol. The molecule has 5 nitrogen and oxygen atoms in total. The molecule has 0 aliphatic carbocycles. The molecule has 0 saturated carbocycles. The van der Waals surface area contributed by atoms with Crippen LogP contribution in [0, 0.1) is 17.2 Å². The molecule has 0 aliphatic rings. The SMILES string of the molecule is C=CC(C(C)C(=C)CC/C(C)=C\C=C(/C)C#N)n1cnc2cc(C(=C)NCc3cccnc3)ccc21. The van der Waals surface area contributed by atoms with Gasteiger partial charge in [0.1, 0.15) is 0 Å². The maximum absolute atomic E-state index is 8.91. The first-order chi connectivity index (χ1) is 17.3. The van der Waals surface area contributed by atoms with E-state index in [4.69, 9.17) is 5.26 Å². The van der Waals surface area contributed by atoms with Crippen LogP contribution in [0.25, 0.3) is 16.7 Å². The van der Waals surface area contributed by atoms with Gasteiger partial charge in [-0.3, -0.25) is 4.98 Å². The van der Waals surface area contributed by atoms with Crippen molar-refractivity contribution >= 4 is 16.7 Å². The number of nitrogens with one attached hydrogen (secondary N) is 1. The van der Waals surface area contributed by atoms with Gasteiger partial charge in [0.25, 0.3) is 0 Å². The van der Waals surface area contributed by atoms with Gasteiger partial charge in [0.2, 0.25) is 0 Å². The van der Waals surface area contributed by atoms with Gasteiger partial charge in [0.05, 0.1) is 29.5 Å². The largest absolute Gasteiger partial charge is 0.381 e. The highest BCUT2D eigenvalue weighted by Gasteiger charge is 2.20. The van der Waals surface area contributed by atoms with E-state index < -0.39 is 0 Å². The number of nitrogens with zero attached hydrogens (tertiary/aromatic N) is 4. The second-order valence-corrected chi connectivity index (χ2v) is 9.20. The first-order valence-electron chi connectivity index (χ1n) is 12.2. The Morgan fingerprint density at radius 2 is 2.00 bits per heavy atom. The fraction of sp³-hybridized carbons (Fsp3) is 0.258. The molecule has 2 unspecified atom stereocenters. The van der Waals surface area contributed by atoms with Crippen LogP contribution in [0.1, 0.15) is 50.8 Å². The summed E-state index contributed by atoms with van der Waals surface area (Å²) < 4.78 is 2.18. The number of pyridine rings is 1. The number of benzene rings is 1. The second-order valence-electron chi connectivity index (χ2n) is 9.20. The number of imidazole rings is 1. The minimum absolute atomic E-state index is 0.0465. The quantitative estimate of drug-likeness (QED) is 0.169. The zero-order valence-corrected chi connectivity index (χ0v) is 21.5. The lowest BCUT2D eigenvalue weighted by molar-refractivity contribution is 0.469. The van der Waals surface area contributed by atoms with Gasteiger partial charge in [-0.1, -0.05) is 55.5 Å². The molecule has 0 aliphatic heterocycles. The molecule has 0 amide bonds. The molecule has 0 fully saturated rings. The molecule has 184 valence electrons. The van der Waals surface area contributed by atoms with E-state index in [0.29, 0.717) is 12.1 Å². The molecule has 2 aromatic heterocycles. The molecule has 2 atom stereocenters. The van der Waals surface area contributed by atoms with Crippen LogP contribution in [-0.4, -0.2) is 14.5 Å². The summed E-state index contributed by atoms with van der Waals surface area (Å²) in [6.45, 7) is 19.4. The second kappa shape index (κ2) is 12.5. The van der Waals surface area contributed by atoms with Crippen molar-refractivity contribution in [1.82, 2.24) is 19.9 Å². The summed E-state index contributed by atoms with van der Waals surface area (Å²) in [5.41, 5.74) is 8.03. The fourth-order valence-electron chi connectivity index (χ4n) is 4.04. The number of nitriles is 1. The Bertz CT molecular complexity index is 1330. The number of fused-ring (bicyclic) bond motifs is 1. The molecule has 2 heterocycles. The molecule has 0 radical (unpaired) electrons. The molecule has 0 spiro atoms. The lowest BCUT2D eigenvalue weighted by Gasteiger charge is -2.25. The van der Waals surface area contributed by atoms with E-state index in [9.17, 15) is 0 Å². The lowest BCUT2D eigenvalue weighted by atomic mass is 9.89. The van der Waals surface area contributed by atoms with Crippen molar-refractivity contribution < 1.29 is 0 Å². The first kappa shape index (κ1) is 26.4. The summed E-state index contributed by atoms with van der Waals surface area (Å²) in [6, 6.07) is 12.4. The average Bonchev–Trinajstić information content (AvgIpc) is 3.32. The summed E-state index contributed by atoms with van der Waals surface area (Å²) in [5, 5.41) is 12.3. The molecule has 1 aromatic carbocycles. The molecular weight excluding hydrogens is 442 g/mol. The van der Waals surface area contributed by atoms with Crippen LogP contribution in [0.2, 0.25) is 0 Å². The molecule has 3 rings (SSSR count). The molecule has 5 heteroatoms. The van der Waals surface area contributed by atoms with E-state index in [0.717, 1.165) is 40.7 Å². The van der Waals surface area contributed by atoms with Crippen molar-refractivity contribution in [3.05, 3.63) is 115 Å². The zero-order chi connectivity index (χ0) is 26.1. The molecule has 1 N–H and O–H groups in total. The Morgan fingerprint density at radius 3 is 2.69 bits per heavy atom. The molecular formula is C31H35N5. The van der Waals surface area contributed by atoms with E-state index in [1.165, 1.54) is 11.1 Å². The van der Waals surface area contributed by atoms with Gasteiger partial charge >= 0.3 is 0 Å². The van der Waals surface area contributed by atoms with E-state index in [-0.39, 0.29) is 12.0 Å². The smallest absolute Gasteiger partial charge is 0.0964 e. The van der Waals surface area contributed by atoms with Crippen LogP contribution >= 0.6 is 0 Å². The van der Waals surface area contributed by atoms with Gasteiger partial charge in [0, 0.05) is 36.1 Å². The molecule has 0 saturated heterocycles. The Balaban J connectivity index is 1.69. The molecule has 36 heavy (non-hydrogen) atoms. The maximum atomic E-state index is 8.91. The summed E-state index contributed by atoms with van der Waals surface area (Å²) in [4.78, 5) is 8.83. The van der Waals surface area contributed by atoms with Crippen molar-refractivity contribution in [2.75, 3.05) is 0 Å². The van der Waals surface area contributed by atoms with Gasteiger partial charge in [-0.15, -0.1) is 6.58 Å². The highest BCUT2D eigenvalue weighted by molar-refractivity contribution is 5.80. The Kier molecular flexibility index (Phi) is 9.19. The number of aromatic nitrogens is 3. The summed E-state index contributed by atoms with van der Waals surface area (Å²) in [6.07, 6.45) is 13.1. The van der Waals surface area contributed by atoms with Gasteiger partial charge in [-0.2, -0.15) is 5.26 Å². The third-order valence-electron chi connectivity index (χ3n) is 6.51. The number of hydrogen-bond donors (Lipinski definition) is 1. The van der Waals surface area contributed by atoms with E-state index in [1.54, 1.807) is 6.20 Å². The van der Waals surface area contributed by atoms with Crippen molar-refractivity contribution in [2.45, 2.75) is 46.2 Å². The fourth-order valence-corrected chi connectivity index (χ4v) is 4.04. The van der Waals surface area contributed by atoms with Gasteiger partial charge in [-0.25, -0.2) is 4.98 Å². The molecule has 0 bridgehead atoms. The van der Waals surface area contributed by atoms with Crippen molar-refractivity contribution in [2.24, 2.45) is 5.92 Å². The number of rotatable bonds is 12. The summed E-state index contributed by atoms with van der Waals surface area (Å²) in [7, 11) is 0. The Labute approximate surface area is 214 Å². The van der Waals surface area contributed by atoms with E-state index >= 15 is 0 Å². The zero-order valence-electron chi connectivity index (χ0n) is 21.5. The molecule has 3 aromatic rings. The van der Waals surface area contributed by atoms with Crippen LogP contribution in [0.3, 0.4) is 0 Å². The van der Waals surface area contributed by atoms with Gasteiger partial charge in [-0.05, 0) is 62.1 Å². The van der Waals surface area contributed by atoms with Crippen molar-refractivity contribution in [3.8, 4) is 6.07 Å². The monoisotopic (exact) mass is 477 g/mol. The topological polar surface area (TPSA) is 66.5 Å². The lowest BCUT2D eigenvalue weighted by Crippen LogP contribution is -2.16. The highest BCUT2D eigenvalue weighted by Crippen LogP contribution is 2.32. The third-order valence-corrected chi connectivity index (χ3v) is 6.51. The Hall–Kier alpha value is -4.17. The van der Waals surface area contributed by atoms with Crippen molar-refractivity contribution in [3.63, 3.8) is 0 Å². The van der Waals surface area contributed by atoms with Crippen LogP contribution in [0.5, 0.6) is 0 Å². The maximum Gasteiger partial charge on any atom is 0.0964 e. The van der Waals surface area contributed by atoms with E-state index in [2.05, 4.69) is 77.7 Å². The Morgan fingerprint density at radius 1 is 1.19 bits per heavy atom. The predicted molar refractivity (Wildman–Crippen MR) is 150 cm³/mol. The standard InChI is InChI=1S/C31H35N5/c1-7-30(25(5)24(4)13-12-22(2)10-11-23(3)18-32)36-21-35-29-17-28(14-15-31(29)36)26(6)34-20-27-9-8-16-33-19-27/h7-11,14-17,19,21,25,30,34H,1,4,6,12-13,20H2,2-3,5H3/b22-10-,23-11+. The predicted octanol–water partition coefficient (Wildman–Crippen LogP) is 7.31. The van der Waals surface area contributed by atoms with Crippen LogP contribution < -0.4 is 5.32 Å². The first-order valence-corrected chi connectivity index (χ1v) is 12.2. The highest BCUT2D eigenvalue weighted by atomic mass is 15.1. The van der Waals surface area contributed by atoms with Gasteiger partial charge in [0.15, 0.2) is 0 Å². The normalized spacial score (nSPS) is 13.6.